The second kappa shape index (κ2) is 5.61. The minimum Gasteiger partial charge on any atom is -0.328 e. The molecule has 2 aromatic rings. The highest BCUT2D eigenvalue weighted by Crippen LogP contribution is 2.39. The molecule has 1 spiro atoms. The average molecular weight is 309 g/mol. The summed E-state index contributed by atoms with van der Waals surface area (Å²) in [6.45, 7) is 0.877. The summed E-state index contributed by atoms with van der Waals surface area (Å²) in [5.74, 6) is 0.716. The van der Waals surface area contributed by atoms with E-state index in [9.17, 15) is 4.79 Å². The smallest absolute Gasteiger partial charge is 0.245 e. The van der Waals surface area contributed by atoms with Gasteiger partial charge >= 0.3 is 0 Å². The van der Waals surface area contributed by atoms with E-state index in [0.717, 1.165) is 18.4 Å². The van der Waals surface area contributed by atoms with Crippen molar-refractivity contribution in [3.8, 4) is 11.4 Å². The molecule has 1 aliphatic heterocycles. The Morgan fingerprint density at radius 1 is 1.17 bits per heavy atom. The summed E-state index contributed by atoms with van der Waals surface area (Å²) in [4.78, 5) is 14.8. The van der Waals surface area contributed by atoms with Crippen LogP contribution in [0.3, 0.4) is 0 Å². The van der Waals surface area contributed by atoms with E-state index >= 15 is 0 Å². The fraction of sp³-hybridized carbons (Fsp3) is 0.412. The Labute approximate surface area is 134 Å². The Kier molecular flexibility index (Phi) is 3.44. The molecule has 6 nitrogen and oxygen atoms in total. The van der Waals surface area contributed by atoms with Gasteiger partial charge in [-0.05, 0) is 23.3 Å². The molecule has 6 heteroatoms. The standard InChI is InChI=1S/C17H19N5O/c23-15(21-12-6-11-17(21)9-4-5-10-17)13-22-16(18-19-20-22)14-7-2-1-3-8-14/h1-3,6-8,11H,4-5,9-10,12-13H2. The second-order valence-electron chi connectivity index (χ2n) is 6.24. The van der Waals surface area contributed by atoms with Crippen molar-refractivity contribution < 1.29 is 4.79 Å². The first-order valence-corrected chi connectivity index (χ1v) is 8.08. The molecule has 0 saturated heterocycles. The van der Waals surface area contributed by atoms with Gasteiger partial charge in [-0.3, -0.25) is 4.79 Å². The van der Waals surface area contributed by atoms with E-state index in [4.69, 9.17) is 0 Å². The highest BCUT2D eigenvalue weighted by Gasteiger charge is 2.42. The lowest BCUT2D eigenvalue weighted by atomic mass is 9.97. The summed E-state index contributed by atoms with van der Waals surface area (Å²) in [7, 11) is 0. The summed E-state index contributed by atoms with van der Waals surface area (Å²) >= 11 is 0. The second-order valence-corrected chi connectivity index (χ2v) is 6.24. The van der Waals surface area contributed by atoms with Gasteiger partial charge in [-0.25, -0.2) is 4.68 Å². The third-order valence-corrected chi connectivity index (χ3v) is 4.87. The number of amides is 1. The molecule has 0 N–H and O–H groups in total. The molecule has 0 radical (unpaired) electrons. The molecule has 0 atom stereocenters. The Morgan fingerprint density at radius 3 is 2.74 bits per heavy atom. The van der Waals surface area contributed by atoms with Gasteiger partial charge in [-0.1, -0.05) is 55.3 Å². The fourth-order valence-electron chi connectivity index (χ4n) is 3.74. The predicted molar refractivity (Wildman–Crippen MR) is 85.3 cm³/mol. The average Bonchev–Trinajstić information content (AvgIpc) is 3.31. The largest absolute Gasteiger partial charge is 0.328 e. The maximum Gasteiger partial charge on any atom is 0.245 e. The van der Waals surface area contributed by atoms with Crippen LogP contribution in [0.15, 0.2) is 42.5 Å². The molecule has 4 rings (SSSR count). The van der Waals surface area contributed by atoms with E-state index in [1.54, 1.807) is 4.68 Å². The third-order valence-electron chi connectivity index (χ3n) is 4.87. The van der Waals surface area contributed by atoms with Crippen molar-refractivity contribution >= 4 is 5.91 Å². The van der Waals surface area contributed by atoms with Crippen LogP contribution in [0.2, 0.25) is 0 Å². The molecule has 1 aromatic heterocycles. The van der Waals surface area contributed by atoms with Crippen molar-refractivity contribution in [1.29, 1.82) is 0 Å². The van der Waals surface area contributed by atoms with Crippen LogP contribution in [0, 0.1) is 0 Å². The van der Waals surface area contributed by atoms with Gasteiger partial charge in [0.25, 0.3) is 0 Å². The van der Waals surface area contributed by atoms with Crippen molar-refractivity contribution in [3.63, 3.8) is 0 Å². The molecular weight excluding hydrogens is 290 g/mol. The van der Waals surface area contributed by atoms with E-state index in [1.165, 1.54) is 12.8 Å². The maximum atomic E-state index is 12.8. The summed E-state index contributed by atoms with van der Waals surface area (Å²) < 4.78 is 1.60. The molecule has 118 valence electrons. The Bertz CT molecular complexity index is 730. The lowest BCUT2D eigenvalue weighted by Gasteiger charge is -2.34. The van der Waals surface area contributed by atoms with Crippen LogP contribution in [0.25, 0.3) is 11.4 Å². The van der Waals surface area contributed by atoms with E-state index in [0.29, 0.717) is 12.4 Å². The quantitative estimate of drug-likeness (QED) is 0.814. The number of tetrazole rings is 1. The van der Waals surface area contributed by atoms with Crippen LogP contribution in [-0.4, -0.2) is 43.1 Å². The van der Waals surface area contributed by atoms with Crippen LogP contribution in [0.1, 0.15) is 25.7 Å². The first-order valence-electron chi connectivity index (χ1n) is 8.08. The predicted octanol–water partition coefficient (Wildman–Crippen LogP) is 2.05. The first-order chi connectivity index (χ1) is 11.3. The molecule has 2 aliphatic rings. The molecule has 1 saturated carbocycles. The molecule has 1 amide bonds. The van der Waals surface area contributed by atoms with Crippen LogP contribution in [0.5, 0.6) is 0 Å². The first kappa shape index (κ1) is 14.1. The topological polar surface area (TPSA) is 63.9 Å². The zero-order valence-corrected chi connectivity index (χ0v) is 12.9. The number of hydrogen-bond acceptors (Lipinski definition) is 4. The fourth-order valence-corrected chi connectivity index (χ4v) is 3.74. The number of aromatic nitrogens is 4. The van der Waals surface area contributed by atoms with Crippen molar-refractivity contribution in [3.05, 3.63) is 42.5 Å². The van der Waals surface area contributed by atoms with Gasteiger partial charge < -0.3 is 4.90 Å². The summed E-state index contributed by atoms with van der Waals surface area (Å²) in [5, 5.41) is 11.8. The number of carbonyl (C=O) groups is 1. The van der Waals surface area contributed by atoms with E-state index < -0.39 is 0 Å². The van der Waals surface area contributed by atoms with Crippen LogP contribution in [-0.2, 0) is 11.3 Å². The number of rotatable bonds is 3. The molecule has 2 heterocycles. The van der Waals surface area contributed by atoms with Crippen molar-refractivity contribution in [2.45, 2.75) is 37.8 Å². The molecular formula is C17H19N5O. The molecule has 23 heavy (non-hydrogen) atoms. The van der Waals surface area contributed by atoms with Crippen molar-refractivity contribution in [2.75, 3.05) is 6.54 Å². The molecule has 1 aliphatic carbocycles. The number of benzene rings is 1. The Morgan fingerprint density at radius 2 is 1.96 bits per heavy atom. The van der Waals surface area contributed by atoms with Gasteiger partial charge in [0.1, 0.15) is 6.54 Å². The summed E-state index contributed by atoms with van der Waals surface area (Å²) in [6.07, 6.45) is 8.84. The molecule has 1 aromatic carbocycles. The zero-order chi connectivity index (χ0) is 15.7. The maximum absolute atomic E-state index is 12.8. The SMILES string of the molecule is O=C(Cn1nnnc1-c1ccccc1)N1CC=CC12CCCC2. The van der Waals surface area contributed by atoms with E-state index in [1.807, 2.05) is 35.2 Å². The van der Waals surface area contributed by atoms with Crippen LogP contribution in [0.4, 0.5) is 0 Å². The number of carbonyl (C=O) groups excluding carboxylic acids is 1. The van der Waals surface area contributed by atoms with Gasteiger partial charge in [0.05, 0.1) is 5.54 Å². The lowest BCUT2D eigenvalue weighted by Crippen LogP contribution is -2.47. The van der Waals surface area contributed by atoms with E-state index in [2.05, 4.69) is 27.7 Å². The molecule has 1 fully saturated rings. The van der Waals surface area contributed by atoms with Crippen molar-refractivity contribution in [1.82, 2.24) is 25.1 Å². The monoisotopic (exact) mass is 309 g/mol. The third kappa shape index (κ3) is 2.44. The van der Waals surface area contributed by atoms with Crippen molar-refractivity contribution in [2.24, 2.45) is 0 Å². The Hall–Kier alpha value is -2.50. The highest BCUT2D eigenvalue weighted by atomic mass is 16.2. The summed E-state index contributed by atoms with van der Waals surface area (Å²) in [5.41, 5.74) is 0.860. The molecule has 0 unspecified atom stereocenters. The van der Waals surface area contributed by atoms with Gasteiger partial charge in [0, 0.05) is 12.1 Å². The normalized spacial score (nSPS) is 18.9. The van der Waals surface area contributed by atoms with Crippen LogP contribution >= 0.6 is 0 Å². The van der Waals surface area contributed by atoms with Crippen LogP contribution < -0.4 is 0 Å². The van der Waals surface area contributed by atoms with Gasteiger partial charge in [-0.15, -0.1) is 5.10 Å². The van der Waals surface area contributed by atoms with Gasteiger partial charge in [0.15, 0.2) is 5.82 Å². The highest BCUT2D eigenvalue weighted by molar-refractivity contribution is 5.78. The molecule has 0 bridgehead atoms. The minimum absolute atomic E-state index is 0.0575. The number of hydrogen-bond donors (Lipinski definition) is 0. The lowest BCUT2D eigenvalue weighted by molar-refractivity contribution is -0.135. The Balaban J connectivity index is 1.55. The van der Waals surface area contributed by atoms with E-state index in [-0.39, 0.29) is 18.0 Å². The zero-order valence-electron chi connectivity index (χ0n) is 12.9. The van der Waals surface area contributed by atoms with Gasteiger partial charge in [0.2, 0.25) is 5.91 Å². The summed E-state index contributed by atoms with van der Waals surface area (Å²) in [6, 6.07) is 9.72. The van der Waals surface area contributed by atoms with Gasteiger partial charge in [-0.2, -0.15) is 0 Å². The minimum atomic E-state index is -0.0575. The number of nitrogens with zero attached hydrogens (tertiary/aromatic N) is 5.